The number of hydrogen-bond donors (Lipinski definition) is 1. The molecule has 10 heteroatoms. The van der Waals surface area contributed by atoms with Gasteiger partial charge in [0.2, 0.25) is 11.4 Å². The molecule has 8 nitrogen and oxygen atoms in total. The minimum absolute atomic E-state index is 0. The number of halogens is 2. The van der Waals surface area contributed by atoms with E-state index in [1.165, 1.54) is 40.0 Å². The van der Waals surface area contributed by atoms with E-state index in [-0.39, 0.29) is 44.4 Å². The number of amides is 1. The average molecular weight is 468 g/mol. The second-order valence-corrected chi connectivity index (χ2v) is 7.56. The number of hydrogen-bond acceptors (Lipinski definition) is 6. The molecule has 4 heterocycles. The number of aromatic nitrogens is 2. The Morgan fingerprint density at radius 1 is 1.06 bits per heavy atom. The molecule has 0 radical (unpaired) electrons. The summed E-state index contributed by atoms with van der Waals surface area (Å²) in [5.74, 6) is -2.67. The summed E-state index contributed by atoms with van der Waals surface area (Å²) in [6.45, 7) is 0.163. The van der Waals surface area contributed by atoms with E-state index in [9.17, 15) is 23.5 Å². The Morgan fingerprint density at radius 3 is 2.65 bits per heavy atom. The van der Waals surface area contributed by atoms with Crippen LogP contribution in [0.3, 0.4) is 0 Å². The summed E-state index contributed by atoms with van der Waals surface area (Å²) in [5, 5.41) is 12.1. The van der Waals surface area contributed by atoms with Crippen molar-refractivity contribution in [3.8, 4) is 11.5 Å². The van der Waals surface area contributed by atoms with E-state index in [0.29, 0.717) is 5.56 Å². The first-order valence-electron chi connectivity index (χ1n) is 10.1. The fraction of sp³-hybridized carbons (Fsp3) is 0.208. The van der Waals surface area contributed by atoms with Gasteiger partial charge < -0.3 is 14.7 Å². The maximum atomic E-state index is 14.9. The van der Waals surface area contributed by atoms with Crippen LogP contribution in [0.15, 0.2) is 65.6 Å². The fourth-order valence-electron chi connectivity index (χ4n) is 4.08. The third-order valence-electron chi connectivity index (χ3n) is 5.56. The van der Waals surface area contributed by atoms with Crippen molar-refractivity contribution in [1.29, 1.82) is 0 Å². The Kier molecular flexibility index (Phi) is 6.06. The first-order valence-corrected chi connectivity index (χ1v) is 10.1. The quantitative estimate of drug-likeness (QED) is 0.437. The number of fused-ring (bicyclic) bond motifs is 5. The van der Waals surface area contributed by atoms with Crippen LogP contribution in [0.25, 0.3) is 0 Å². The molecule has 176 valence electrons. The van der Waals surface area contributed by atoms with E-state index >= 15 is 0 Å². The lowest BCUT2D eigenvalue weighted by Crippen LogP contribution is -2.55. The molecule has 2 bridgehead atoms. The van der Waals surface area contributed by atoms with Crippen molar-refractivity contribution in [2.45, 2.75) is 13.5 Å². The van der Waals surface area contributed by atoms with Crippen molar-refractivity contribution in [2.75, 3.05) is 24.8 Å². The zero-order valence-corrected chi connectivity index (χ0v) is 17.2. The highest BCUT2D eigenvalue weighted by molar-refractivity contribution is 5.96. The molecule has 0 aliphatic carbocycles. The molecule has 0 saturated carbocycles. The number of rotatable bonds is 1. The zero-order chi connectivity index (χ0) is 23.1. The number of carbonyl (C=O) groups excluding carboxylic acids is 1. The van der Waals surface area contributed by atoms with Gasteiger partial charge >= 0.3 is 0 Å². The summed E-state index contributed by atoms with van der Waals surface area (Å²) >= 11 is 0. The summed E-state index contributed by atoms with van der Waals surface area (Å²) in [7, 11) is 0. The Labute approximate surface area is 193 Å². The first-order chi connectivity index (χ1) is 16.0. The number of carbonyl (C=O) groups is 1. The number of ether oxygens (including phenoxy) is 1. The van der Waals surface area contributed by atoms with Gasteiger partial charge in [0, 0.05) is 24.4 Å². The predicted octanol–water partition coefficient (Wildman–Crippen LogP) is 2.95. The maximum Gasteiger partial charge on any atom is 0.278 e. The van der Waals surface area contributed by atoms with Gasteiger partial charge in [0.05, 0.1) is 5.69 Å². The second kappa shape index (κ2) is 8.97. The summed E-state index contributed by atoms with van der Waals surface area (Å²) in [4.78, 5) is 30.7. The molecule has 0 unspecified atom stereocenters. The average Bonchev–Trinajstić information content (AvgIpc) is 2.82. The Hall–Kier alpha value is -4.21. The van der Waals surface area contributed by atoms with Crippen LogP contribution < -0.4 is 15.2 Å². The van der Waals surface area contributed by atoms with Gasteiger partial charge in [-0.3, -0.25) is 19.3 Å². The number of para-hydroxylation sites is 1. The Balaban J connectivity index is 0.00000274. The molecular weight excluding hydrogens is 446 g/mol. The van der Waals surface area contributed by atoms with Gasteiger partial charge in [0.25, 0.3) is 5.91 Å². The van der Waals surface area contributed by atoms with Gasteiger partial charge in [-0.15, -0.1) is 0 Å². The number of benzene rings is 1. The van der Waals surface area contributed by atoms with Gasteiger partial charge in [-0.05, 0) is 24.3 Å². The highest BCUT2D eigenvalue weighted by Crippen LogP contribution is 2.37. The molecule has 2 aliphatic heterocycles. The Bertz CT molecular complexity index is 1340. The largest absolute Gasteiger partial charge is 0.502 e. The number of nitrogens with zero attached hydrogens (tertiary/aromatic N) is 4. The van der Waals surface area contributed by atoms with Gasteiger partial charge in [0.1, 0.15) is 19.3 Å². The molecule has 3 aromatic rings. The Morgan fingerprint density at radius 2 is 1.85 bits per heavy atom. The van der Waals surface area contributed by atoms with Crippen molar-refractivity contribution in [3.63, 3.8) is 0 Å². The first kappa shape index (κ1) is 23.0. The lowest BCUT2D eigenvalue weighted by Gasteiger charge is -2.43. The van der Waals surface area contributed by atoms with Gasteiger partial charge in [0.15, 0.2) is 23.0 Å². The smallest absolute Gasteiger partial charge is 0.278 e. The van der Waals surface area contributed by atoms with E-state index in [1.54, 1.807) is 29.3 Å². The topological polar surface area (TPSA) is 87.9 Å². The van der Waals surface area contributed by atoms with Crippen LogP contribution in [0.5, 0.6) is 11.5 Å². The highest BCUT2D eigenvalue weighted by Gasteiger charge is 2.38. The standard InChI is InChI=1S/C23H18F2N4O4.CH4/c24-15-6-3-5-14-19(16-7-4-8-18(25)26-16)29-13-27(10-1-2-12-33-22(14)15)23(32)20-21(31)17(30)9-11-28(20)29;/h1-9,11,19,31H,10,12-13H2;1H4/b2-1+;/t19-;/m1./s1. The summed E-state index contributed by atoms with van der Waals surface area (Å²) in [6.07, 6.45) is 4.65. The molecule has 5 rings (SSSR count). The molecule has 0 saturated heterocycles. The van der Waals surface area contributed by atoms with Gasteiger partial charge in [-0.2, -0.15) is 4.39 Å². The van der Waals surface area contributed by atoms with Gasteiger partial charge in [-0.1, -0.05) is 31.7 Å². The number of pyridine rings is 2. The van der Waals surface area contributed by atoms with Crippen LogP contribution in [-0.2, 0) is 0 Å². The van der Waals surface area contributed by atoms with Crippen LogP contribution in [0.1, 0.15) is 35.2 Å². The van der Waals surface area contributed by atoms with Crippen LogP contribution >= 0.6 is 0 Å². The molecule has 1 amide bonds. The minimum Gasteiger partial charge on any atom is -0.502 e. The summed E-state index contributed by atoms with van der Waals surface area (Å²) in [5.41, 5.74) is -0.411. The SMILES string of the molecule is C.O=C1c2c(O)c(=O)ccn2N2CN1C/C=C/COc1c(F)cccc1[C@@H]2c1cccc(F)n1. The zero-order valence-electron chi connectivity index (χ0n) is 17.2. The van der Waals surface area contributed by atoms with E-state index in [2.05, 4.69) is 4.98 Å². The summed E-state index contributed by atoms with van der Waals surface area (Å²) < 4.78 is 36.1. The highest BCUT2D eigenvalue weighted by atomic mass is 19.1. The van der Waals surface area contributed by atoms with Crippen molar-refractivity contribution < 1.29 is 23.4 Å². The molecule has 34 heavy (non-hydrogen) atoms. The van der Waals surface area contributed by atoms with Gasteiger partial charge in [-0.25, -0.2) is 9.37 Å². The predicted molar refractivity (Wildman–Crippen MR) is 120 cm³/mol. The normalized spacial score (nSPS) is 18.1. The van der Waals surface area contributed by atoms with E-state index in [0.717, 1.165) is 6.07 Å². The van der Waals surface area contributed by atoms with Crippen LogP contribution in [0, 0.1) is 11.8 Å². The lowest BCUT2D eigenvalue weighted by molar-refractivity contribution is 0.0700. The van der Waals surface area contributed by atoms with Crippen LogP contribution in [-0.4, -0.2) is 45.4 Å². The van der Waals surface area contributed by atoms with E-state index < -0.39 is 34.9 Å². The van der Waals surface area contributed by atoms with Crippen molar-refractivity contribution in [1.82, 2.24) is 14.6 Å². The summed E-state index contributed by atoms with van der Waals surface area (Å²) in [6, 6.07) is 8.79. The van der Waals surface area contributed by atoms with Crippen LogP contribution in [0.2, 0.25) is 0 Å². The molecule has 1 atom stereocenters. The lowest BCUT2D eigenvalue weighted by atomic mass is 10.0. The molecule has 2 aromatic heterocycles. The second-order valence-electron chi connectivity index (χ2n) is 7.56. The van der Waals surface area contributed by atoms with E-state index in [1.807, 2.05) is 0 Å². The van der Waals surface area contributed by atoms with Crippen molar-refractivity contribution in [2.24, 2.45) is 0 Å². The monoisotopic (exact) mass is 468 g/mol. The fourth-order valence-corrected chi connectivity index (χ4v) is 4.08. The molecule has 1 aromatic carbocycles. The molecule has 2 aliphatic rings. The van der Waals surface area contributed by atoms with Crippen LogP contribution in [0.4, 0.5) is 8.78 Å². The van der Waals surface area contributed by atoms with E-state index in [4.69, 9.17) is 4.74 Å². The maximum absolute atomic E-state index is 14.9. The molecule has 0 fully saturated rings. The van der Waals surface area contributed by atoms with Crippen molar-refractivity contribution >= 4 is 5.91 Å². The van der Waals surface area contributed by atoms with Crippen molar-refractivity contribution in [3.05, 3.63) is 99.8 Å². The molecule has 1 N–H and O–H groups in total. The molecule has 0 spiro atoms. The third-order valence-corrected chi connectivity index (χ3v) is 5.56. The minimum atomic E-state index is -0.930. The number of aromatic hydroxyl groups is 1. The molecular formula is C24H22F2N4O4. The third kappa shape index (κ3) is 3.76.